The average molecular weight is 220 g/mol. The summed E-state index contributed by atoms with van der Waals surface area (Å²) in [6, 6.07) is 1.63. The standard InChI is InChI=1S/C11H16N4O/c1-7-4-6-13-10(9(7)12)15-8-3-2-5-14-11(8)16/h4,6,8H,2-3,5,12H2,1H3,(H,13,15)(H,14,16). The van der Waals surface area contributed by atoms with Crippen molar-refractivity contribution in [1.82, 2.24) is 10.3 Å². The van der Waals surface area contributed by atoms with Gasteiger partial charge in [0.2, 0.25) is 5.91 Å². The fraction of sp³-hybridized carbons (Fsp3) is 0.455. The van der Waals surface area contributed by atoms with Gasteiger partial charge in [-0.2, -0.15) is 0 Å². The molecule has 1 aliphatic rings. The first kappa shape index (κ1) is 10.7. The van der Waals surface area contributed by atoms with Crippen LogP contribution >= 0.6 is 0 Å². The van der Waals surface area contributed by atoms with E-state index >= 15 is 0 Å². The normalized spacial score (nSPS) is 20.3. The van der Waals surface area contributed by atoms with E-state index in [9.17, 15) is 4.79 Å². The van der Waals surface area contributed by atoms with Crippen molar-refractivity contribution >= 4 is 17.4 Å². The van der Waals surface area contributed by atoms with E-state index in [0.717, 1.165) is 24.9 Å². The number of nitrogens with two attached hydrogens (primary N) is 1. The van der Waals surface area contributed by atoms with E-state index in [1.54, 1.807) is 6.20 Å². The van der Waals surface area contributed by atoms with Crippen LogP contribution in [-0.4, -0.2) is 23.5 Å². The minimum Gasteiger partial charge on any atom is -0.396 e. The van der Waals surface area contributed by atoms with E-state index in [0.29, 0.717) is 11.5 Å². The first-order chi connectivity index (χ1) is 7.68. The number of pyridine rings is 1. The summed E-state index contributed by atoms with van der Waals surface area (Å²) in [5.41, 5.74) is 7.47. The molecule has 16 heavy (non-hydrogen) atoms. The molecule has 2 heterocycles. The number of piperidine rings is 1. The predicted molar refractivity (Wildman–Crippen MR) is 63.0 cm³/mol. The van der Waals surface area contributed by atoms with Gasteiger partial charge in [0.15, 0.2) is 0 Å². The van der Waals surface area contributed by atoms with Gasteiger partial charge in [-0.1, -0.05) is 0 Å². The zero-order chi connectivity index (χ0) is 11.5. The van der Waals surface area contributed by atoms with Crippen molar-refractivity contribution in [3.63, 3.8) is 0 Å². The number of carbonyl (C=O) groups excluding carboxylic acids is 1. The molecular weight excluding hydrogens is 204 g/mol. The molecule has 0 aliphatic carbocycles. The summed E-state index contributed by atoms with van der Waals surface area (Å²) in [4.78, 5) is 15.7. The lowest BCUT2D eigenvalue weighted by molar-refractivity contribution is -0.123. The quantitative estimate of drug-likeness (QED) is 0.684. The minimum atomic E-state index is -0.217. The number of aromatic nitrogens is 1. The molecule has 86 valence electrons. The molecule has 1 fully saturated rings. The van der Waals surface area contributed by atoms with Gasteiger partial charge in [0.05, 0.1) is 5.69 Å². The van der Waals surface area contributed by atoms with E-state index in [-0.39, 0.29) is 11.9 Å². The number of carbonyl (C=O) groups is 1. The van der Waals surface area contributed by atoms with Crippen LogP contribution in [0.15, 0.2) is 12.3 Å². The summed E-state index contributed by atoms with van der Waals surface area (Å²) in [6.45, 7) is 2.68. The molecule has 5 nitrogen and oxygen atoms in total. The smallest absolute Gasteiger partial charge is 0.242 e. The summed E-state index contributed by atoms with van der Waals surface area (Å²) < 4.78 is 0. The number of nitrogens with zero attached hydrogens (tertiary/aromatic N) is 1. The van der Waals surface area contributed by atoms with Crippen molar-refractivity contribution in [2.45, 2.75) is 25.8 Å². The van der Waals surface area contributed by atoms with Crippen molar-refractivity contribution in [3.05, 3.63) is 17.8 Å². The van der Waals surface area contributed by atoms with Crippen molar-refractivity contribution in [3.8, 4) is 0 Å². The van der Waals surface area contributed by atoms with Crippen molar-refractivity contribution in [2.24, 2.45) is 0 Å². The third-order valence-corrected chi connectivity index (χ3v) is 2.80. The molecule has 2 rings (SSSR count). The zero-order valence-electron chi connectivity index (χ0n) is 9.29. The summed E-state index contributed by atoms with van der Waals surface area (Å²) in [5.74, 6) is 0.621. The lowest BCUT2D eigenvalue weighted by Gasteiger charge is -2.23. The van der Waals surface area contributed by atoms with Crippen LogP contribution in [0.1, 0.15) is 18.4 Å². The summed E-state index contributed by atoms with van der Waals surface area (Å²) in [6.07, 6.45) is 3.49. The molecule has 4 N–H and O–H groups in total. The van der Waals surface area contributed by atoms with Crippen LogP contribution in [-0.2, 0) is 4.79 Å². The van der Waals surface area contributed by atoms with E-state index in [4.69, 9.17) is 5.73 Å². The first-order valence-electron chi connectivity index (χ1n) is 5.44. The van der Waals surface area contributed by atoms with Gasteiger partial charge >= 0.3 is 0 Å². The maximum atomic E-state index is 11.6. The maximum absolute atomic E-state index is 11.6. The highest BCUT2D eigenvalue weighted by atomic mass is 16.2. The summed E-state index contributed by atoms with van der Waals surface area (Å²) >= 11 is 0. The molecule has 1 unspecified atom stereocenters. The van der Waals surface area contributed by atoms with E-state index in [1.165, 1.54) is 0 Å². The Bertz CT molecular complexity index is 405. The van der Waals surface area contributed by atoms with Crippen molar-refractivity contribution in [2.75, 3.05) is 17.6 Å². The van der Waals surface area contributed by atoms with Crippen LogP contribution in [0.5, 0.6) is 0 Å². The Balaban J connectivity index is 2.14. The van der Waals surface area contributed by atoms with Crippen molar-refractivity contribution < 1.29 is 4.79 Å². The average Bonchev–Trinajstić information content (AvgIpc) is 2.28. The summed E-state index contributed by atoms with van der Waals surface area (Å²) in [5, 5.41) is 5.91. The highest BCUT2D eigenvalue weighted by molar-refractivity contribution is 5.86. The third-order valence-electron chi connectivity index (χ3n) is 2.80. The number of aryl methyl sites for hydroxylation is 1. The molecule has 0 spiro atoms. The lowest BCUT2D eigenvalue weighted by Crippen LogP contribution is -2.44. The maximum Gasteiger partial charge on any atom is 0.242 e. The SMILES string of the molecule is Cc1ccnc(NC2CCCNC2=O)c1N. The van der Waals surface area contributed by atoms with Gasteiger partial charge in [-0.3, -0.25) is 4.79 Å². The van der Waals surface area contributed by atoms with E-state index in [1.807, 2.05) is 13.0 Å². The van der Waals surface area contributed by atoms with Crippen LogP contribution in [0.25, 0.3) is 0 Å². The van der Waals surface area contributed by atoms with Gasteiger partial charge in [0.1, 0.15) is 11.9 Å². The van der Waals surface area contributed by atoms with Gasteiger partial charge in [0, 0.05) is 12.7 Å². The molecule has 0 radical (unpaired) electrons. The van der Waals surface area contributed by atoms with E-state index < -0.39 is 0 Å². The molecule has 1 aromatic heterocycles. The monoisotopic (exact) mass is 220 g/mol. The molecule has 0 aromatic carbocycles. The minimum absolute atomic E-state index is 0.0222. The zero-order valence-corrected chi connectivity index (χ0v) is 9.29. The van der Waals surface area contributed by atoms with Gasteiger partial charge in [0.25, 0.3) is 0 Å². The highest BCUT2D eigenvalue weighted by Crippen LogP contribution is 2.20. The molecule has 0 bridgehead atoms. The van der Waals surface area contributed by atoms with Gasteiger partial charge in [-0.05, 0) is 31.4 Å². The number of amides is 1. The second-order valence-electron chi connectivity index (χ2n) is 4.02. The molecule has 5 heteroatoms. The Labute approximate surface area is 94.4 Å². The fourth-order valence-corrected chi connectivity index (χ4v) is 1.76. The van der Waals surface area contributed by atoms with Crippen LogP contribution < -0.4 is 16.4 Å². The third kappa shape index (κ3) is 2.08. The predicted octanol–water partition coefficient (Wildman–Crippen LogP) is 0.663. The molecule has 1 amide bonds. The largest absolute Gasteiger partial charge is 0.396 e. The Kier molecular flexibility index (Phi) is 2.94. The van der Waals surface area contributed by atoms with Gasteiger partial charge in [-0.15, -0.1) is 0 Å². The molecule has 1 atom stereocenters. The second-order valence-corrected chi connectivity index (χ2v) is 4.02. The number of hydrogen-bond donors (Lipinski definition) is 3. The Morgan fingerprint density at radius 3 is 3.19 bits per heavy atom. The van der Waals surface area contributed by atoms with Crippen LogP contribution in [0.2, 0.25) is 0 Å². The Morgan fingerprint density at radius 2 is 2.44 bits per heavy atom. The Hall–Kier alpha value is -1.78. The molecule has 1 aromatic rings. The number of hydrogen-bond acceptors (Lipinski definition) is 4. The number of anilines is 2. The van der Waals surface area contributed by atoms with Crippen LogP contribution in [0, 0.1) is 6.92 Å². The molecule has 1 saturated heterocycles. The van der Waals surface area contributed by atoms with Crippen LogP contribution in [0.3, 0.4) is 0 Å². The van der Waals surface area contributed by atoms with Gasteiger partial charge in [-0.25, -0.2) is 4.98 Å². The van der Waals surface area contributed by atoms with E-state index in [2.05, 4.69) is 15.6 Å². The highest BCUT2D eigenvalue weighted by Gasteiger charge is 2.22. The molecule has 0 saturated carbocycles. The molecular formula is C11H16N4O. The Morgan fingerprint density at radius 1 is 1.62 bits per heavy atom. The summed E-state index contributed by atoms with van der Waals surface area (Å²) in [7, 11) is 0. The first-order valence-corrected chi connectivity index (χ1v) is 5.44. The van der Waals surface area contributed by atoms with Crippen LogP contribution in [0.4, 0.5) is 11.5 Å². The molecule has 1 aliphatic heterocycles. The van der Waals surface area contributed by atoms with Crippen molar-refractivity contribution in [1.29, 1.82) is 0 Å². The number of nitrogens with one attached hydrogen (secondary N) is 2. The topological polar surface area (TPSA) is 80.0 Å². The number of rotatable bonds is 2. The van der Waals surface area contributed by atoms with Gasteiger partial charge < -0.3 is 16.4 Å². The lowest BCUT2D eigenvalue weighted by atomic mass is 10.1. The fourth-order valence-electron chi connectivity index (χ4n) is 1.76. The number of nitrogen functional groups attached to an aromatic ring is 1. The second kappa shape index (κ2) is 4.38.